The molecule has 0 saturated carbocycles. The van der Waals surface area contributed by atoms with Crippen molar-refractivity contribution >= 4 is 11.6 Å². The number of likely N-dealkylation sites (tertiary alicyclic amines) is 1. The van der Waals surface area contributed by atoms with Crippen molar-refractivity contribution in [3.63, 3.8) is 0 Å². The molecule has 8 heteroatoms. The van der Waals surface area contributed by atoms with Crippen LogP contribution >= 0.6 is 0 Å². The minimum Gasteiger partial charge on any atom is -0.383 e. The predicted molar refractivity (Wildman–Crippen MR) is 102 cm³/mol. The molecule has 0 atom stereocenters. The van der Waals surface area contributed by atoms with Gasteiger partial charge in [0.2, 0.25) is 0 Å². The quantitative estimate of drug-likeness (QED) is 0.864. The number of aromatic nitrogens is 2. The molecule has 2 aromatic heterocycles. The van der Waals surface area contributed by atoms with Gasteiger partial charge in [0.25, 0.3) is 0 Å². The average Bonchev–Trinajstić information content (AvgIpc) is 3.05. The molecule has 1 spiro atoms. The van der Waals surface area contributed by atoms with Crippen LogP contribution in [0.15, 0.2) is 36.7 Å². The third-order valence-corrected chi connectivity index (χ3v) is 6.12. The third kappa shape index (κ3) is 3.65. The van der Waals surface area contributed by atoms with Gasteiger partial charge in [0.05, 0.1) is 5.56 Å². The summed E-state index contributed by atoms with van der Waals surface area (Å²) in [4.78, 5) is 12.8. The number of anilines is 2. The lowest BCUT2D eigenvalue weighted by Crippen LogP contribution is -2.52. The number of rotatable bonds is 3. The molecule has 4 rings (SSSR count). The Morgan fingerprint density at radius 3 is 2.46 bits per heavy atom. The summed E-state index contributed by atoms with van der Waals surface area (Å²) in [7, 11) is 0. The van der Waals surface area contributed by atoms with Gasteiger partial charge < -0.3 is 10.6 Å². The molecule has 0 aliphatic carbocycles. The van der Waals surface area contributed by atoms with Crippen LogP contribution in [0.4, 0.5) is 24.8 Å². The highest BCUT2D eigenvalue weighted by Crippen LogP contribution is 2.40. The zero-order valence-corrected chi connectivity index (χ0v) is 15.6. The Kier molecular flexibility index (Phi) is 4.91. The topological polar surface area (TPSA) is 58.3 Å². The van der Waals surface area contributed by atoms with Crippen molar-refractivity contribution < 1.29 is 13.2 Å². The van der Waals surface area contributed by atoms with Crippen LogP contribution in [0.1, 0.15) is 36.8 Å². The van der Waals surface area contributed by atoms with Crippen LogP contribution in [0, 0.1) is 0 Å². The summed E-state index contributed by atoms with van der Waals surface area (Å²) in [5.41, 5.74) is 6.50. The van der Waals surface area contributed by atoms with Crippen LogP contribution in [0.5, 0.6) is 0 Å². The molecule has 2 N–H and O–H groups in total. The first-order chi connectivity index (χ1) is 13.4. The number of halogens is 3. The normalized spacial score (nSPS) is 20.0. The molecule has 2 aliphatic heterocycles. The first-order valence-corrected chi connectivity index (χ1v) is 9.60. The Morgan fingerprint density at radius 2 is 1.82 bits per heavy atom. The van der Waals surface area contributed by atoms with Gasteiger partial charge in [-0.25, -0.2) is 9.97 Å². The van der Waals surface area contributed by atoms with Gasteiger partial charge in [0, 0.05) is 43.1 Å². The maximum absolute atomic E-state index is 12.7. The largest absolute Gasteiger partial charge is 0.417 e. The van der Waals surface area contributed by atoms with Crippen LogP contribution in [-0.2, 0) is 12.7 Å². The van der Waals surface area contributed by atoms with Crippen molar-refractivity contribution in [2.24, 2.45) is 0 Å². The molecule has 2 aromatic rings. The standard InChI is InChI=1S/C20H24F3N5/c21-20(22,23)16-4-5-17(26-13-16)27-11-7-19(8-12-27)6-2-10-28(19)14-15-3-1-9-25-18(15)24/h1,3-5,9,13H,2,6-8,10-12,14H2,(H2,24,25). The molecule has 0 aromatic carbocycles. The van der Waals surface area contributed by atoms with E-state index in [2.05, 4.69) is 19.8 Å². The van der Waals surface area contributed by atoms with Crippen molar-refractivity contribution in [3.8, 4) is 0 Å². The maximum atomic E-state index is 12.7. The van der Waals surface area contributed by atoms with E-state index in [1.54, 1.807) is 6.20 Å². The van der Waals surface area contributed by atoms with Crippen molar-refractivity contribution in [2.75, 3.05) is 30.3 Å². The van der Waals surface area contributed by atoms with Gasteiger partial charge in [0.15, 0.2) is 0 Å². The van der Waals surface area contributed by atoms with E-state index in [1.807, 2.05) is 12.1 Å². The highest BCUT2D eigenvalue weighted by atomic mass is 19.4. The molecule has 2 aliphatic rings. The van der Waals surface area contributed by atoms with Gasteiger partial charge in [0.1, 0.15) is 11.6 Å². The summed E-state index contributed by atoms with van der Waals surface area (Å²) in [5.74, 6) is 1.19. The number of hydrogen-bond acceptors (Lipinski definition) is 5. The minimum absolute atomic E-state index is 0.130. The fraction of sp³-hybridized carbons (Fsp3) is 0.500. The lowest BCUT2D eigenvalue weighted by Gasteiger charge is -2.45. The molecule has 150 valence electrons. The van der Waals surface area contributed by atoms with Crippen molar-refractivity contribution in [1.29, 1.82) is 0 Å². The monoisotopic (exact) mass is 391 g/mol. The van der Waals surface area contributed by atoms with Gasteiger partial charge in [-0.05, 0) is 50.4 Å². The number of nitrogens with two attached hydrogens (primary N) is 1. The Morgan fingerprint density at radius 1 is 1.04 bits per heavy atom. The lowest BCUT2D eigenvalue weighted by atomic mass is 9.84. The van der Waals surface area contributed by atoms with Gasteiger partial charge in [-0.2, -0.15) is 13.2 Å². The van der Waals surface area contributed by atoms with E-state index in [4.69, 9.17) is 5.73 Å². The van der Waals surface area contributed by atoms with E-state index < -0.39 is 11.7 Å². The number of nitrogens with zero attached hydrogens (tertiary/aromatic N) is 4. The Bertz CT molecular complexity index is 813. The second-order valence-corrected chi connectivity index (χ2v) is 7.69. The summed E-state index contributed by atoms with van der Waals surface area (Å²) >= 11 is 0. The molecule has 28 heavy (non-hydrogen) atoms. The van der Waals surface area contributed by atoms with E-state index in [0.29, 0.717) is 11.6 Å². The lowest BCUT2D eigenvalue weighted by molar-refractivity contribution is -0.137. The van der Waals surface area contributed by atoms with Crippen LogP contribution in [-0.4, -0.2) is 40.0 Å². The van der Waals surface area contributed by atoms with Gasteiger partial charge in [-0.15, -0.1) is 0 Å². The fourth-order valence-electron chi connectivity index (χ4n) is 4.49. The van der Waals surface area contributed by atoms with Crippen LogP contribution < -0.4 is 10.6 Å². The van der Waals surface area contributed by atoms with E-state index in [0.717, 1.165) is 69.7 Å². The van der Waals surface area contributed by atoms with Crippen molar-refractivity contribution in [2.45, 2.75) is 43.9 Å². The first-order valence-electron chi connectivity index (χ1n) is 9.60. The van der Waals surface area contributed by atoms with Crippen LogP contribution in [0.25, 0.3) is 0 Å². The molecule has 0 radical (unpaired) electrons. The zero-order chi connectivity index (χ0) is 19.8. The zero-order valence-electron chi connectivity index (χ0n) is 15.6. The molecule has 0 unspecified atom stereocenters. The Labute approximate surface area is 162 Å². The molecule has 2 saturated heterocycles. The summed E-state index contributed by atoms with van der Waals surface area (Å²) in [6.45, 7) is 3.40. The van der Waals surface area contributed by atoms with Crippen molar-refractivity contribution in [1.82, 2.24) is 14.9 Å². The highest BCUT2D eigenvalue weighted by Gasteiger charge is 2.43. The maximum Gasteiger partial charge on any atom is 0.417 e. The Balaban J connectivity index is 1.43. The van der Waals surface area contributed by atoms with E-state index in [-0.39, 0.29) is 5.54 Å². The van der Waals surface area contributed by atoms with Crippen LogP contribution in [0.2, 0.25) is 0 Å². The number of alkyl halides is 3. The average molecular weight is 391 g/mol. The van der Waals surface area contributed by atoms with E-state index in [9.17, 15) is 13.2 Å². The number of hydrogen-bond donors (Lipinski definition) is 1. The SMILES string of the molecule is Nc1ncccc1CN1CCCC12CCN(c1ccc(C(F)(F)F)cn1)CC2. The van der Waals surface area contributed by atoms with Crippen LogP contribution in [0.3, 0.4) is 0 Å². The summed E-state index contributed by atoms with van der Waals surface area (Å²) in [6.07, 6.45) is 2.50. The number of pyridine rings is 2. The molecular formula is C20H24F3N5. The van der Waals surface area contributed by atoms with Crippen molar-refractivity contribution in [3.05, 3.63) is 47.8 Å². The molecule has 2 fully saturated rings. The number of piperidine rings is 1. The molecular weight excluding hydrogens is 367 g/mol. The summed E-state index contributed by atoms with van der Waals surface area (Å²) in [5, 5.41) is 0. The molecule has 4 heterocycles. The molecule has 0 amide bonds. The van der Waals surface area contributed by atoms with E-state index >= 15 is 0 Å². The highest BCUT2D eigenvalue weighted by molar-refractivity contribution is 5.41. The third-order valence-electron chi connectivity index (χ3n) is 6.12. The van der Waals surface area contributed by atoms with Gasteiger partial charge in [-0.3, -0.25) is 4.90 Å². The summed E-state index contributed by atoms with van der Waals surface area (Å²) in [6, 6.07) is 6.52. The first kappa shape index (κ1) is 19.0. The second-order valence-electron chi connectivity index (χ2n) is 7.69. The van der Waals surface area contributed by atoms with E-state index in [1.165, 1.54) is 6.07 Å². The van der Waals surface area contributed by atoms with Gasteiger partial charge in [-0.1, -0.05) is 6.07 Å². The molecule has 5 nitrogen and oxygen atoms in total. The van der Waals surface area contributed by atoms with Gasteiger partial charge >= 0.3 is 6.18 Å². The summed E-state index contributed by atoms with van der Waals surface area (Å²) < 4.78 is 38.2. The fourth-order valence-corrected chi connectivity index (χ4v) is 4.49. The Hall–Kier alpha value is -2.35. The second kappa shape index (κ2) is 7.24. The predicted octanol–water partition coefficient (Wildman–Crippen LogP) is 3.71. The minimum atomic E-state index is -4.35. The smallest absolute Gasteiger partial charge is 0.383 e. The molecule has 0 bridgehead atoms. The number of nitrogen functional groups attached to an aromatic ring is 1.